The molecule has 0 saturated carbocycles. The molecule has 0 aliphatic carbocycles. The molecule has 2 heterocycles. The third kappa shape index (κ3) is 2.82. The van der Waals surface area contributed by atoms with E-state index in [1.165, 1.54) is 6.33 Å². The molecule has 19 heavy (non-hydrogen) atoms. The number of sulfonamides is 1. The van der Waals surface area contributed by atoms with Crippen LogP contribution >= 0.6 is 0 Å². The van der Waals surface area contributed by atoms with E-state index < -0.39 is 10.0 Å². The van der Waals surface area contributed by atoms with Crippen molar-refractivity contribution in [3.63, 3.8) is 0 Å². The first-order chi connectivity index (χ1) is 8.98. The summed E-state index contributed by atoms with van der Waals surface area (Å²) in [4.78, 5) is 3.97. The molecule has 2 rings (SSSR count). The fraction of sp³-hybridized carbons (Fsp3) is 0.750. The lowest BCUT2D eigenvalue weighted by Crippen LogP contribution is -2.50. The van der Waals surface area contributed by atoms with Crippen molar-refractivity contribution in [3.05, 3.63) is 12.5 Å². The van der Waals surface area contributed by atoms with Crippen LogP contribution in [0.15, 0.2) is 17.6 Å². The lowest BCUT2D eigenvalue weighted by Gasteiger charge is -2.37. The van der Waals surface area contributed by atoms with E-state index in [0.717, 1.165) is 12.8 Å². The summed E-state index contributed by atoms with van der Waals surface area (Å²) in [6, 6.07) is 0.403. The van der Waals surface area contributed by atoms with E-state index in [2.05, 4.69) is 17.2 Å². The standard InChI is InChI=1S/C12H22N4O2S/c1-4-10-7-16(6-5-11(10)13-2)19(17,18)12-8-15(3)9-14-12/h8-11,13H,4-7H2,1-3H3. The molecule has 0 bridgehead atoms. The minimum Gasteiger partial charge on any atom is -0.339 e. The molecule has 0 radical (unpaired) electrons. The van der Waals surface area contributed by atoms with E-state index in [-0.39, 0.29) is 5.03 Å². The number of rotatable bonds is 4. The van der Waals surface area contributed by atoms with Crippen LogP contribution in [0.4, 0.5) is 0 Å². The molecule has 1 aliphatic rings. The summed E-state index contributed by atoms with van der Waals surface area (Å²) in [5.41, 5.74) is 0. The number of aryl methyl sites for hydroxylation is 1. The van der Waals surface area contributed by atoms with Crippen LogP contribution in [0.25, 0.3) is 0 Å². The average Bonchev–Trinajstić information content (AvgIpc) is 2.85. The van der Waals surface area contributed by atoms with E-state index in [4.69, 9.17) is 0 Å². The predicted molar refractivity (Wildman–Crippen MR) is 73.2 cm³/mol. The second kappa shape index (κ2) is 5.60. The van der Waals surface area contributed by atoms with Crippen molar-refractivity contribution >= 4 is 10.0 Å². The summed E-state index contributed by atoms with van der Waals surface area (Å²) < 4.78 is 28.2. The summed E-state index contributed by atoms with van der Waals surface area (Å²) in [5.74, 6) is 0.359. The van der Waals surface area contributed by atoms with Crippen molar-refractivity contribution in [1.82, 2.24) is 19.2 Å². The highest BCUT2D eigenvalue weighted by molar-refractivity contribution is 7.89. The van der Waals surface area contributed by atoms with E-state index in [1.54, 1.807) is 22.1 Å². The number of piperidine rings is 1. The Labute approximate surface area is 114 Å². The zero-order valence-electron chi connectivity index (χ0n) is 11.7. The summed E-state index contributed by atoms with van der Waals surface area (Å²) >= 11 is 0. The summed E-state index contributed by atoms with van der Waals surface area (Å²) in [5, 5.41) is 3.43. The van der Waals surface area contributed by atoms with E-state index in [0.29, 0.717) is 25.0 Å². The molecule has 0 amide bonds. The molecule has 1 aliphatic heterocycles. The van der Waals surface area contributed by atoms with Gasteiger partial charge in [-0.1, -0.05) is 13.3 Å². The average molecular weight is 286 g/mol. The van der Waals surface area contributed by atoms with Gasteiger partial charge in [-0.2, -0.15) is 4.31 Å². The Balaban J connectivity index is 2.18. The second-order valence-electron chi connectivity index (χ2n) is 5.09. The highest BCUT2D eigenvalue weighted by Gasteiger charge is 2.35. The van der Waals surface area contributed by atoms with E-state index in [1.807, 2.05) is 7.05 Å². The lowest BCUT2D eigenvalue weighted by atomic mass is 9.91. The van der Waals surface area contributed by atoms with Crippen LogP contribution in [0.1, 0.15) is 19.8 Å². The number of imidazole rings is 1. The fourth-order valence-corrected chi connectivity index (χ4v) is 4.14. The van der Waals surface area contributed by atoms with Gasteiger partial charge < -0.3 is 9.88 Å². The van der Waals surface area contributed by atoms with Crippen LogP contribution in [0.3, 0.4) is 0 Å². The van der Waals surface area contributed by atoms with E-state index in [9.17, 15) is 8.42 Å². The van der Waals surface area contributed by atoms with Crippen molar-refractivity contribution in [3.8, 4) is 0 Å². The Bertz CT molecular complexity index is 526. The SMILES string of the molecule is CCC1CN(S(=O)(=O)c2cn(C)cn2)CCC1NC. The van der Waals surface area contributed by atoms with Gasteiger partial charge in [0.25, 0.3) is 10.0 Å². The van der Waals surface area contributed by atoms with Gasteiger partial charge in [-0.15, -0.1) is 0 Å². The quantitative estimate of drug-likeness (QED) is 0.871. The van der Waals surface area contributed by atoms with Crippen molar-refractivity contribution in [2.45, 2.75) is 30.8 Å². The lowest BCUT2D eigenvalue weighted by molar-refractivity contribution is 0.209. The normalized spacial score (nSPS) is 25.6. The van der Waals surface area contributed by atoms with Crippen molar-refractivity contribution in [2.24, 2.45) is 13.0 Å². The third-order valence-electron chi connectivity index (χ3n) is 3.88. The highest BCUT2D eigenvalue weighted by Crippen LogP contribution is 2.24. The maximum Gasteiger partial charge on any atom is 0.262 e. The highest BCUT2D eigenvalue weighted by atomic mass is 32.2. The van der Waals surface area contributed by atoms with Gasteiger partial charge >= 0.3 is 0 Å². The first-order valence-corrected chi connectivity index (χ1v) is 8.08. The van der Waals surface area contributed by atoms with Gasteiger partial charge in [0, 0.05) is 32.4 Å². The van der Waals surface area contributed by atoms with Crippen LogP contribution in [-0.2, 0) is 17.1 Å². The van der Waals surface area contributed by atoms with Gasteiger partial charge in [0.1, 0.15) is 0 Å². The third-order valence-corrected chi connectivity index (χ3v) is 5.63. The van der Waals surface area contributed by atoms with Crippen molar-refractivity contribution < 1.29 is 8.42 Å². The Kier molecular flexibility index (Phi) is 4.27. The molecule has 2 unspecified atom stereocenters. The molecule has 1 saturated heterocycles. The number of aromatic nitrogens is 2. The zero-order chi connectivity index (χ0) is 14.0. The van der Waals surface area contributed by atoms with Crippen molar-refractivity contribution in [1.29, 1.82) is 0 Å². The largest absolute Gasteiger partial charge is 0.339 e. The Morgan fingerprint density at radius 2 is 2.26 bits per heavy atom. The summed E-state index contributed by atoms with van der Waals surface area (Å²) in [6.45, 7) is 3.23. The minimum absolute atomic E-state index is 0.146. The smallest absolute Gasteiger partial charge is 0.262 e. The molecule has 1 fully saturated rings. The molecule has 6 nitrogen and oxygen atoms in total. The van der Waals surface area contributed by atoms with E-state index >= 15 is 0 Å². The maximum atomic E-state index is 12.5. The predicted octanol–water partition coefficient (Wildman–Crippen LogP) is 0.429. The van der Waals surface area contributed by atoms with Gasteiger partial charge in [0.15, 0.2) is 5.03 Å². The van der Waals surface area contributed by atoms with Gasteiger partial charge in [-0.05, 0) is 19.4 Å². The molecule has 0 aromatic carbocycles. The summed E-state index contributed by atoms with van der Waals surface area (Å²) in [6.07, 6.45) is 4.89. The van der Waals surface area contributed by atoms with Crippen LogP contribution in [0, 0.1) is 5.92 Å². The van der Waals surface area contributed by atoms with Crippen LogP contribution in [0.5, 0.6) is 0 Å². The Hall–Kier alpha value is -0.920. The molecular formula is C12H22N4O2S. The van der Waals surface area contributed by atoms with Gasteiger partial charge in [0.2, 0.25) is 0 Å². The first-order valence-electron chi connectivity index (χ1n) is 6.64. The molecular weight excluding hydrogens is 264 g/mol. The number of hydrogen-bond donors (Lipinski definition) is 1. The van der Waals surface area contributed by atoms with Crippen LogP contribution < -0.4 is 5.32 Å². The number of hydrogen-bond acceptors (Lipinski definition) is 4. The van der Waals surface area contributed by atoms with Crippen LogP contribution in [0.2, 0.25) is 0 Å². The fourth-order valence-electron chi connectivity index (χ4n) is 2.67. The molecule has 1 N–H and O–H groups in total. The number of nitrogens with one attached hydrogen (secondary N) is 1. The Morgan fingerprint density at radius 3 is 2.79 bits per heavy atom. The molecule has 1 aromatic rings. The Morgan fingerprint density at radius 1 is 1.53 bits per heavy atom. The second-order valence-corrected chi connectivity index (χ2v) is 6.98. The monoisotopic (exact) mass is 286 g/mol. The van der Waals surface area contributed by atoms with Gasteiger partial charge in [-0.25, -0.2) is 13.4 Å². The molecule has 7 heteroatoms. The molecule has 2 atom stereocenters. The van der Waals surface area contributed by atoms with Crippen LogP contribution in [-0.4, -0.2) is 48.5 Å². The van der Waals surface area contributed by atoms with Crippen molar-refractivity contribution in [2.75, 3.05) is 20.1 Å². The van der Waals surface area contributed by atoms with Gasteiger partial charge in [0.05, 0.1) is 6.33 Å². The van der Waals surface area contributed by atoms with Gasteiger partial charge in [-0.3, -0.25) is 0 Å². The molecule has 1 aromatic heterocycles. The molecule has 108 valence electrons. The topological polar surface area (TPSA) is 67.2 Å². The zero-order valence-corrected chi connectivity index (χ0v) is 12.5. The minimum atomic E-state index is -3.44. The summed E-state index contributed by atoms with van der Waals surface area (Å²) in [7, 11) is 0.270. The molecule has 0 spiro atoms. The first kappa shape index (κ1) is 14.5. The number of nitrogens with zero attached hydrogens (tertiary/aromatic N) is 3. The maximum absolute atomic E-state index is 12.5.